The van der Waals surface area contributed by atoms with Crippen molar-refractivity contribution < 1.29 is 14.3 Å². The fourth-order valence-electron chi connectivity index (χ4n) is 5.54. The number of amides is 2. The molecule has 4 atom stereocenters. The first-order valence-electron chi connectivity index (χ1n) is 12.3. The second-order valence-corrected chi connectivity index (χ2v) is 11.7. The van der Waals surface area contributed by atoms with Gasteiger partial charge in [0.1, 0.15) is 11.4 Å². The summed E-state index contributed by atoms with van der Waals surface area (Å²) in [5.74, 6) is 0.378. The summed E-state index contributed by atoms with van der Waals surface area (Å²) in [7, 11) is 0. The Balaban J connectivity index is 1.41. The lowest BCUT2D eigenvalue weighted by Gasteiger charge is -2.38. The topological polar surface area (TPSA) is 110 Å². The Morgan fingerprint density at radius 1 is 1.25 bits per heavy atom. The van der Waals surface area contributed by atoms with Crippen LogP contribution in [0.25, 0.3) is 0 Å². The Hall–Kier alpha value is -3.13. The summed E-state index contributed by atoms with van der Waals surface area (Å²) in [5.41, 5.74) is 7.07. The fraction of sp³-hybridized carbons (Fsp3) is 0.481. The van der Waals surface area contributed by atoms with Gasteiger partial charge >= 0.3 is 0 Å². The van der Waals surface area contributed by atoms with Crippen LogP contribution >= 0.6 is 11.6 Å². The number of fused-ring (bicyclic) bond motifs is 1. The van der Waals surface area contributed by atoms with E-state index < -0.39 is 17.2 Å². The smallest absolute Gasteiger partial charge is 0.232 e. The Bertz CT molecular complexity index is 1240. The monoisotopic (exact) mass is 509 g/mol. The average Bonchev–Trinajstić information content (AvgIpc) is 3.55. The van der Waals surface area contributed by atoms with Gasteiger partial charge in [-0.2, -0.15) is 0 Å². The first-order valence-corrected chi connectivity index (χ1v) is 12.7. The van der Waals surface area contributed by atoms with E-state index in [0.29, 0.717) is 17.9 Å². The summed E-state index contributed by atoms with van der Waals surface area (Å²) in [6.07, 6.45) is 4.74. The van der Waals surface area contributed by atoms with Crippen LogP contribution in [-0.4, -0.2) is 38.8 Å². The first kappa shape index (κ1) is 24.6. The molecule has 3 N–H and O–H groups in total. The van der Waals surface area contributed by atoms with Crippen LogP contribution in [0.15, 0.2) is 47.7 Å². The number of ether oxygens (including phenoxy) is 1. The van der Waals surface area contributed by atoms with Crippen LogP contribution < -0.4 is 15.8 Å². The number of rotatable bonds is 5. The lowest BCUT2D eigenvalue weighted by atomic mass is 9.89. The molecular formula is C27H32ClN5O3. The number of carbonyl (C=O) groups excluding carboxylic acids is 2. The normalized spacial score (nSPS) is 26.8. The quantitative estimate of drug-likeness (QED) is 0.629. The number of nitrogens with one attached hydrogen (secondary N) is 1. The van der Waals surface area contributed by atoms with Gasteiger partial charge in [-0.3, -0.25) is 19.5 Å². The van der Waals surface area contributed by atoms with Gasteiger partial charge in [0.2, 0.25) is 11.8 Å². The number of hydrogen-bond donors (Lipinski definition) is 2. The number of para-hydroxylation sites is 1. The van der Waals surface area contributed by atoms with Gasteiger partial charge in [-0.25, -0.2) is 4.99 Å². The third kappa shape index (κ3) is 4.78. The van der Waals surface area contributed by atoms with Crippen molar-refractivity contribution in [2.24, 2.45) is 22.6 Å². The minimum atomic E-state index is -0.571. The van der Waals surface area contributed by atoms with Crippen molar-refractivity contribution in [3.63, 3.8) is 0 Å². The molecule has 1 saturated carbocycles. The molecule has 3 heterocycles. The maximum absolute atomic E-state index is 13.5. The van der Waals surface area contributed by atoms with Crippen LogP contribution in [-0.2, 0) is 9.59 Å². The number of halogens is 1. The highest BCUT2D eigenvalue weighted by Gasteiger charge is 2.53. The zero-order valence-corrected chi connectivity index (χ0v) is 21.7. The van der Waals surface area contributed by atoms with Gasteiger partial charge in [0.15, 0.2) is 5.96 Å². The molecule has 1 aromatic carbocycles. The molecule has 0 saturated heterocycles. The van der Waals surface area contributed by atoms with E-state index in [0.717, 1.165) is 16.9 Å². The maximum atomic E-state index is 13.5. The molecule has 2 amide bonds. The van der Waals surface area contributed by atoms with E-state index in [2.05, 4.69) is 15.3 Å². The predicted octanol–water partition coefficient (Wildman–Crippen LogP) is 4.16. The Kier molecular flexibility index (Phi) is 5.98. The van der Waals surface area contributed by atoms with Gasteiger partial charge < -0.3 is 15.8 Å². The number of hydrogen-bond acceptors (Lipinski definition) is 6. The third-order valence-corrected chi connectivity index (χ3v) is 7.34. The van der Waals surface area contributed by atoms with Crippen molar-refractivity contribution in [2.45, 2.75) is 70.2 Å². The summed E-state index contributed by atoms with van der Waals surface area (Å²) >= 11 is 6.25. The Morgan fingerprint density at radius 2 is 2.00 bits per heavy atom. The number of aliphatic imine (C=N–C) groups is 1. The zero-order chi connectivity index (χ0) is 25.8. The number of nitrogens with two attached hydrogens (primary N) is 1. The van der Waals surface area contributed by atoms with Crippen LogP contribution in [0.5, 0.6) is 5.75 Å². The Labute approximate surface area is 216 Å². The van der Waals surface area contributed by atoms with Gasteiger partial charge in [-0.1, -0.05) is 29.8 Å². The maximum Gasteiger partial charge on any atom is 0.232 e. The summed E-state index contributed by atoms with van der Waals surface area (Å²) in [4.78, 5) is 37.1. The molecule has 0 spiro atoms. The highest BCUT2D eigenvalue weighted by molar-refractivity contribution is 6.30. The van der Waals surface area contributed by atoms with Crippen molar-refractivity contribution in [3.05, 3.63) is 58.9 Å². The molecule has 1 aliphatic carbocycles. The molecule has 2 aliphatic heterocycles. The molecule has 9 heteroatoms. The van der Waals surface area contributed by atoms with Crippen molar-refractivity contribution >= 4 is 29.4 Å². The third-order valence-electron chi connectivity index (χ3n) is 7.14. The van der Waals surface area contributed by atoms with Gasteiger partial charge in [0.25, 0.3) is 0 Å². The van der Waals surface area contributed by atoms with E-state index in [1.807, 2.05) is 52.0 Å². The molecule has 36 heavy (non-hydrogen) atoms. The Morgan fingerprint density at radius 3 is 2.72 bits per heavy atom. The van der Waals surface area contributed by atoms with Crippen molar-refractivity contribution in [1.82, 2.24) is 15.2 Å². The van der Waals surface area contributed by atoms with Crippen LogP contribution in [0.1, 0.15) is 70.2 Å². The summed E-state index contributed by atoms with van der Waals surface area (Å²) in [6, 6.07) is 8.96. The van der Waals surface area contributed by atoms with Crippen molar-refractivity contribution in [2.75, 3.05) is 0 Å². The molecule has 190 valence electrons. The van der Waals surface area contributed by atoms with E-state index in [1.54, 1.807) is 18.5 Å². The van der Waals surface area contributed by atoms with Crippen LogP contribution in [0.4, 0.5) is 0 Å². The zero-order valence-electron chi connectivity index (χ0n) is 21.0. The summed E-state index contributed by atoms with van der Waals surface area (Å²) in [6.45, 7) is 7.81. The number of nitrogens with zero attached hydrogens (tertiary/aromatic N) is 3. The first-order chi connectivity index (χ1) is 16.9. The molecule has 0 bridgehead atoms. The van der Waals surface area contributed by atoms with Crippen LogP contribution in [0.2, 0.25) is 5.02 Å². The number of pyridine rings is 1. The molecule has 5 rings (SSSR count). The summed E-state index contributed by atoms with van der Waals surface area (Å²) in [5, 5.41) is 3.71. The van der Waals surface area contributed by atoms with Gasteiger partial charge in [-0.05, 0) is 57.7 Å². The van der Waals surface area contributed by atoms with E-state index in [-0.39, 0.29) is 42.1 Å². The van der Waals surface area contributed by atoms with Gasteiger partial charge in [0, 0.05) is 30.3 Å². The molecule has 0 radical (unpaired) electrons. The number of benzene rings is 1. The molecular weight excluding hydrogens is 478 g/mol. The minimum Gasteiger partial charge on any atom is -0.487 e. The molecule has 2 aromatic rings. The number of carbonyl (C=O) groups is 2. The van der Waals surface area contributed by atoms with E-state index >= 15 is 0 Å². The van der Waals surface area contributed by atoms with E-state index in [4.69, 9.17) is 22.1 Å². The summed E-state index contributed by atoms with van der Waals surface area (Å²) < 4.78 is 6.11. The lowest BCUT2D eigenvalue weighted by molar-refractivity contribution is -0.132. The number of guanidine groups is 1. The van der Waals surface area contributed by atoms with Gasteiger partial charge in [-0.15, -0.1) is 0 Å². The molecule has 8 nitrogen and oxygen atoms in total. The van der Waals surface area contributed by atoms with Crippen molar-refractivity contribution in [1.29, 1.82) is 0 Å². The molecule has 1 aromatic heterocycles. The standard InChI is InChI=1S/C27H32ClN5O3/c1-26(2)12-22(34)33(25(29)32-26)23(15-9-16(28)14-30-13-15)18-10-19(18)24(35)31-20-11-27(3,4)36-21-8-6-5-7-17(20)21/h5-9,13-14,18-20,23H,10-12H2,1-4H3,(H2,29,32)(H,31,35)/t18-,19-,20+,23?/m1/s1. The molecule has 1 unspecified atom stereocenters. The minimum absolute atomic E-state index is 0.0437. The lowest BCUT2D eigenvalue weighted by Crippen LogP contribution is -2.52. The van der Waals surface area contributed by atoms with E-state index in [1.165, 1.54) is 4.90 Å². The SMILES string of the molecule is CC1(C)CC(=O)N(C(c2cncc(Cl)c2)[C@@H]2C[C@H]2C(=O)N[C@H]2CC(C)(C)Oc3ccccc32)C(N)=N1. The van der Waals surface area contributed by atoms with Crippen molar-refractivity contribution in [3.8, 4) is 5.75 Å². The highest BCUT2D eigenvalue weighted by atomic mass is 35.5. The van der Waals surface area contributed by atoms with Crippen LogP contribution in [0.3, 0.4) is 0 Å². The molecule has 1 fully saturated rings. The second kappa shape index (κ2) is 8.76. The second-order valence-electron chi connectivity index (χ2n) is 11.3. The van der Waals surface area contributed by atoms with Crippen LogP contribution in [0, 0.1) is 11.8 Å². The van der Waals surface area contributed by atoms with Gasteiger partial charge in [0.05, 0.1) is 29.1 Å². The fourth-order valence-corrected chi connectivity index (χ4v) is 5.72. The molecule has 3 aliphatic rings. The highest BCUT2D eigenvalue weighted by Crippen LogP contribution is 2.52. The largest absolute Gasteiger partial charge is 0.487 e. The number of aromatic nitrogens is 1. The predicted molar refractivity (Wildman–Crippen MR) is 137 cm³/mol. The average molecular weight is 510 g/mol. The van der Waals surface area contributed by atoms with E-state index in [9.17, 15) is 9.59 Å².